The summed E-state index contributed by atoms with van der Waals surface area (Å²) in [6, 6.07) is 12.8. The van der Waals surface area contributed by atoms with Crippen LogP contribution in [0.15, 0.2) is 42.6 Å². The molecular formula is C29H33N5O3. The summed E-state index contributed by atoms with van der Waals surface area (Å²) in [5.41, 5.74) is 8.31. The lowest BCUT2D eigenvalue weighted by Crippen LogP contribution is -2.37. The first-order chi connectivity index (χ1) is 18.2. The van der Waals surface area contributed by atoms with Gasteiger partial charge in [-0.15, -0.1) is 0 Å². The van der Waals surface area contributed by atoms with E-state index in [0.717, 1.165) is 93.8 Å². The highest BCUT2D eigenvalue weighted by Crippen LogP contribution is 2.28. The fourth-order valence-electron chi connectivity index (χ4n) is 5.26. The molecule has 0 radical (unpaired) electrons. The Bertz CT molecular complexity index is 1290. The van der Waals surface area contributed by atoms with Crippen molar-refractivity contribution in [3.05, 3.63) is 70.7 Å². The number of carbonyl (C=O) groups excluding carboxylic acids is 1. The van der Waals surface area contributed by atoms with E-state index in [0.29, 0.717) is 6.54 Å². The second kappa shape index (κ2) is 10.9. The van der Waals surface area contributed by atoms with Gasteiger partial charge in [0.2, 0.25) is 0 Å². The number of benzene rings is 1. The number of amides is 1. The smallest absolute Gasteiger partial charge is 0.253 e. The minimum atomic E-state index is -0.00867. The number of pyridine rings is 1. The quantitative estimate of drug-likeness (QED) is 0.542. The zero-order chi connectivity index (χ0) is 25.0. The molecule has 3 aliphatic rings. The van der Waals surface area contributed by atoms with Crippen LogP contribution in [-0.4, -0.2) is 79.9 Å². The van der Waals surface area contributed by atoms with Crippen LogP contribution in [0.25, 0.3) is 23.4 Å². The molecule has 3 aliphatic heterocycles. The van der Waals surface area contributed by atoms with Gasteiger partial charge in [0.05, 0.1) is 37.7 Å². The number of aromatic amines is 1. The van der Waals surface area contributed by atoms with Crippen molar-refractivity contribution in [2.45, 2.75) is 13.0 Å². The Morgan fingerprint density at radius 2 is 1.76 bits per heavy atom. The number of carbonyl (C=O) groups is 1. The Balaban J connectivity index is 1.25. The predicted octanol–water partition coefficient (Wildman–Crippen LogP) is 3.20. The molecule has 1 amide bonds. The number of rotatable bonds is 6. The topological polar surface area (TPSA) is 82.7 Å². The van der Waals surface area contributed by atoms with Gasteiger partial charge < -0.3 is 24.7 Å². The first-order valence-corrected chi connectivity index (χ1v) is 13.1. The summed E-state index contributed by atoms with van der Waals surface area (Å²) in [5, 5.41) is 2.91. The second-order valence-electron chi connectivity index (χ2n) is 9.76. The minimum Gasteiger partial charge on any atom is -0.379 e. The van der Waals surface area contributed by atoms with Gasteiger partial charge in [0.25, 0.3) is 5.91 Å². The summed E-state index contributed by atoms with van der Waals surface area (Å²) in [4.78, 5) is 25.1. The highest BCUT2D eigenvalue weighted by Gasteiger charge is 2.20. The third-order valence-corrected chi connectivity index (χ3v) is 7.29. The van der Waals surface area contributed by atoms with E-state index in [1.165, 1.54) is 16.8 Å². The Kier molecular flexibility index (Phi) is 7.03. The third-order valence-electron chi connectivity index (χ3n) is 7.29. The van der Waals surface area contributed by atoms with E-state index in [9.17, 15) is 4.79 Å². The lowest BCUT2D eigenvalue weighted by atomic mass is 10.0. The zero-order valence-electron chi connectivity index (χ0n) is 21.0. The van der Waals surface area contributed by atoms with Crippen molar-refractivity contribution >= 4 is 23.7 Å². The van der Waals surface area contributed by atoms with Gasteiger partial charge in [0.15, 0.2) is 0 Å². The summed E-state index contributed by atoms with van der Waals surface area (Å²) in [6.45, 7) is 8.46. The van der Waals surface area contributed by atoms with Gasteiger partial charge in [0, 0.05) is 74.5 Å². The number of nitrogens with one attached hydrogen (secondary N) is 2. The van der Waals surface area contributed by atoms with Crippen LogP contribution in [0.1, 0.15) is 32.9 Å². The van der Waals surface area contributed by atoms with E-state index in [4.69, 9.17) is 9.47 Å². The van der Waals surface area contributed by atoms with Gasteiger partial charge in [-0.3, -0.25) is 14.7 Å². The Morgan fingerprint density at radius 1 is 0.946 bits per heavy atom. The van der Waals surface area contributed by atoms with Crippen LogP contribution in [0.5, 0.6) is 0 Å². The summed E-state index contributed by atoms with van der Waals surface area (Å²) < 4.78 is 11.1. The molecule has 192 valence electrons. The molecule has 0 unspecified atom stereocenters. The maximum absolute atomic E-state index is 12.2. The molecule has 2 N–H and O–H groups in total. The first-order valence-electron chi connectivity index (χ1n) is 13.1. The molecule has 2 fully saturated rings. The van der Waals surface area contributed by atoms with Crippen molar-refractivity contribution < 1.29 is 14.3 Å². The van der Waals surface area contributed by atoms with E-state index < -0.39 is 0 Å². The van der Waals surface area contributed by atoms with E-state index in [-0.39, 0.29) is 5.91 Å². The molecule has 37 heavy (non-hydrogen) atoms. The van der Waals surface area contributed by atoms with E-state index in [1.807, 2.05) is 18.3 Å². The average Bonchev–Trinajstić information content (AvgIpc) is 3.40. The van der Waals surface area contributed by atoms with Crippen molar-refractivity contribution in [1.29, 1.82) is 0 Å². The Labute approximate surface area is 217 Å². The fourth-order valence-corrected chi connectivity index (χ4v) is 5.26. The van der Waals surface area contributed by atoms with E-state index >= 15 is 0 Å². The third kappa shape index (κ3) is 5.46. The maximum Gasteiger partial charge on any atom is 0.253 e. The van der Waals surface area contributed by atoms with Crippen molar-refractivity contribution in [3.8, 4) is 11.3 Å². The van der Waals surface area contributed by atoms with Crippen molar-refractivity contribution in [1.82, 2.24) is 20.2 Å². The molecule has 8 nitrogen and oxygen atoms in total. The number of H-pyrrole nitrogens is 1. The standard InChI is InChI=1S/C29H33N5O3/c35-29-25-19-27(32-26(25)6-8-31-29)23-5-7-30-24(18-23)4-3-22-2-1-21(20-33-9-13-36-14-10-33)17-28(22)34-11-15-37-16-12-34/h1-5,7,17-19,32H,6,8-16,20H2,(H,31,35). The number of nitrogens with zero attached hydrogens (tertiary/aromatic N) is 3. The van der Waals surface area contributed by atoms with Gasteiger partial charge in [-0.1, -0.05) is 18.2 Å². The SMILES string of the molecule is O=C1NCCc2[nH]c(-c3ccnc(C=Cc4ccc(CN5CCOCC5)cc4N4CCOCC4)c3)cc21. The van der Waals surface area contributed by atoms with Crippen LogP contribution in [0, 0.1) is 0 Å². The van der Waals surface area contributed by atoms with Gasteiger partial charge in [-0.2, -0.15) is 0 Å². The second-order valence-corrected chi connectivity index (χ2v) is 9.76. The molecule has 0 bridgehead atoms. The molecule has 2 saturated heterocycles. The number of hydrogen-bond acceptors (Lipinski definition) is 6. The molecule has 0 spiro atoms. The van der Waals surface area contributed by atoms with Gasteiger partial charge in [-0.25, -0.2) is 0 Å². The monoisotopic (exact) mass is 499 g/mol. The first kappa shape index (κ1) is 23.9. The van der Waals surface area contributed by atoms with Gasteiger partial charge in [-0.05, 0) is 41.5 Å². The van der Waals surface area contributed by atoms with Crippen LogP contribution in [0.2, 0.25) is 0 Å². The summed E-state index contributed by atoms with van der Waals surface area (Å²) in [5.74, 6) is -0.00867. The number of fused-ring (bicyclic) bond motifs is 1. The van der Waals surface area contributed by atoms with E-state index in [1.54, 1.807) is 0 Å². The molecule has 0 saturated carbocycles. The number of aromatic nitrogens is 2. The molecule has 5 heterocycles. The van der Waals surface area contributed by atoms with Crippen LogP contribution >= 0.6 is 0 Å². The summed E-state index contributed by atoms with van der Waals surface area (Å²) in [6.07, 6.45) is 6.87. The molecule has 1 aromatic carbocycles. The highest BCUT2D eigenvalue weighted by atomic mass is 16.5. The molecule has 0 atom stereocenters. The largest absolute Gasteiger partial charge is 0.379 e. The van der Waals surface area contributed by atoms with Crippen molar-refractivity contribution in [3.63, 3.8) is 0 Å². The molecule has 2 aromatic heterocycles. The molecule has 0 aliphatic carbocycles. The molecule has 3 aromatic rings. The predicted molar refractivity (Wildman–Crippen MR) is 145 cm³/mol. The number of hydrogen-bond donors (Lipinski definition) is 2. The van der Waals surface area contributed by atoms with Gasteiger partial charge in [0.1, 0.15) is 0 Å². The number of anilines is 1. The lowest BCUT2D eigenvalue weighted by molar-refractivity contribution is 0.0342. The van der Waals surface area contributed by atoms with Crippen LogP contribution in [-0.2, 0) is 22.4 Å². The van der Waals surface area contributed by atoms with Gasteiger partial charge >= 0.3 is 0 Å². The Hall–Kier alpha value is -3.46. The number of morpholine rings is 2. The van der Waals surface area contributed by atoms with Crippen LogP contribution in [0.4, 0.5) is 5.69 Å². The molecular weight excluding hydrogens is 466 g/mol. The highest BCUT2D eigenvalue weighted by molar-refractivity contribution is 5.97. The van der Waals surface area contributed by atoms with E-state index in [2.05, 4.69) is 61.5 Å². The fraction of sp³-hybridized carbons (Fsp3) is 0.379. The van der Waals surface area contributed by atoms with Crippen LogP contribution < -0.4 is 10.2 Å². The lowest BCUT2D eigenvalue weighted by Gasteiger charge is -2.31. The van der Waals surface area contributed by atoms with Crippen molar-refractivity contribution in [2.24, 2.45) is 0 Å². The average molecular weight is 500 g/mol. The summed E-state index contributed by atoms with van der Waals surface area (Å²) in [7, 11) is 0. The summed E-state index contributed by atoms with van der Waals surface area (Å²) >= 11 is 0. The molecule has 6 rings (SSSR count). The normalized spacial score (nSPS) is 18.7. The maximum atomic E-state index is 12.2. The zero-order valence-corrected chi connectivity index (χ0v) is 21.0. The van der Waals surface area contributed by atoms with Crippen LogP contribution in [0.3, 0.4) is 0 Å². The Morgan fingerprint density at radius 3 is 2.57 bits per heavy atom. The molecule has 8 heteroatoms. The minimum absolute atomic E-state index is 0.00867. The van der Waals surface area contributed by atoms with Crippen molar-refractivity contribution in [2.75, 3.05) is 64.1 Å². The number of ether oxygens (including phenoxy) is 2.